The molecule has 2 N–H and O–H groups in total. The molecular weight excluding hydrogens is 369 g/mol. The van der Waals surface area contributed by atoms with Gasteiger partial charge in [-0.15, -0.1) is 11.3 Å². The number of amides is 2. The standard InChI is InChI=1S/C19H18FN3OS2/c1-12(17-11-25-19(22-17)26-23-18(24)21-2)14-8-9-15(16(20)10-14)13-6-4-3-5-7-13/h3-12H,1-2H3,(H2,21,23,24). The van der Waals surface area contributed by atoms with Gasteiger partial charge in [-0.05, 0) is 17.2 Å². The van der Waals surface area contributed by atoms with E-state index in [-0.39, 0.29) is 17.8 Å². The number of urea groups is 1. The van der Waals surface area contributed by atoms with Crippen LogP contribution in [0.2, 0.25) is 0 Å². The summed E-state index contributed by atoms with van der Waals surface area (Å²) in [5, 5.41) is 4.41. The number of hydrogen-bond acceptors (Lipinski definition) is 4. The van der Waals surface area contributed by atoms with Gasteiger partial charge in [0.15, 0.2) is 4.34 Å². The van der Waals surface area contributed by atoms with Crippen LogP contribution in [0, 0.1) is 5.82 Å². The first-order chi connectivity index (χ1) is 12.6. The molecule has 134 valence electrons. The Morgan fingerprint density at radius 1 is 1.23 bits per heavy atom. The number of halogens is 1. The minimum atomic E-state index is -0.279. The van der Waals surface area contributed by atoms with Gasteiger partial charge in [-0.25, -0.2) is 14.2 Å². The average Bonchev–Trinajstić information content (AvgIpc) is 3.15. The fourth-order valence-electron chi connectivity index (χ4n) is 2.48. The first kappa shape index (κ1) is 18.4. The van der Waals surface area contributed by atoms with E-state index in [0.717, 1.165) is 33.1 Å². The van der Waals surface area contributed by atoms with Gasteiger partial charge in [0.25, 0.3) is 0 Å². The van der Waals surface area contributed by atoms with E-state index in [1.54, 1.807) is 13.1 Å². The van der Waals surface area contributed by atoms with Gasteiger partial charge in [-0.2, -0.15) is 0 Å². The van der Waals surface area contributed by atoms with E-state index in [9.17, 15) is 9.18 Å². The molecule has 4 nitrogen and oxygen atoms in total. The number of aromatic nitrogens is 1. The van der Waals surface area contributed by atoms with Crippen molar-refractivity contribution in [3.63, 3.8) is 0 Å². The highest BCUT2D eigenvalue weighted by atomic mass is 32.2. The molecule has 0 saturated carbocycles. The number of nitrogens with one attached hydrogen (secondary N) is 2. The summed E-state index contributed by atoms with van der Waals surface area (Å²) in [6.45, 7) is 1.99. The number of carbonyl (C=O) groups is 1. The largest absolute Gasteiger partial charge is 0.341 e. The van der Waals surface area contributed by atoms with Crippen molar-refractivity contribution in [1.82, 2.24) is 15.0 Å². The molecule has 0 fully saturated rings. The van der Waals surface area contributed by atoms with Crippen LogP contribution >= 0.6 is 23.3 Å². The zero-order valence-corrected chi connectivity index (χ0v) is 16.0. The summed E-state index contributed by atoms with van der Waals surface area (Å²) < 4.78 is 18.0. The van der Waals surface area contributed by atoms with Crippen LogP contribution in [0.1, 0.15) is 24.1 Å². The molecule has 0 radical (unpaired) electrons. The maximum absolute atomic E-state index is 14.6. The second-order valence-corrected chi connectivity index (χ2v) is 7.56. The Bertz CT molecular complexity index is 899. The Hall–Kier alpha value is -2.38. The van der Waals surface area contributed by atoms with Gasteiger partial charge >= 0.3 is 6.03 Å². The summed E-state index contributed by atoms with van der Waals surface area (Å²) in [7, 11) is 1.55. The van der Waals surface area contributed by atoms with Crippen molar-refractivity contribution < 1.29 is 9.18 Å². The molecule has 1 heterocycles. The molecule has 0 aliphatic heterocycles. The van der Waals surface area contributed by atoms with Gasteiger partial charge in [0.2, 0.25) is 0 Å². The van der Waals surface area contributed by atoms with E-state index in [0.29, 0.717) is 5.56 Å². The lowest BCUT2D eigenvalue weighted by Gasteiger charge is -2.11. The van der Waals surface area contributed by atoms with Crippen molar-refractivity contribution >= 4 is 29.3 Å². The van der Waals surface area contributed by atoms with Crippen LogP contribution in [0.3, 0.4) is 0 Å². The summed E-state index contributed by atoms with van der Waals surface area (Å²) in [5.41, 5.74) is 3.16. The monoisotopic (exact) mass is 387 g/mol. The van der Waals surface area contributed by atoms with E-state index >= 15 is 0 Å². The third-order valence-electron chi connectivity index (χ3n) is 3.98. The number of thiazole rings is 1. The van der Waals surface area contributed by atoms with E-state index in [1.165, 1.54) is 11.3 Å². The van der Waals surface area contributed by atoms with Crippen LogP contribution < -0.4 is 10.0 Å². The minimum Gasteiger partial charge on any atom is -0.341 e. The quantitative estimate of drug-likeness (QED) is 0.603. The van der Waals surface area contributed by atoms with Crippen LogP contribution in [-0.4, -0.2) is 18.1 Å². The molecule has 3 aromatic rings. The van der Waals surface area contributed by atoms with E-state index in [4.69, 9.17) is 0 Å². The highest BCUT2D eigenvalue weighted by molar-refractivity contribution is 7.99. The highest BCUT2D eigenvalue weighted by Crippen LogP contribution is 2.31. The van der Waals surface area contributed by atoms with Crippen LogP contribution in [0.25, 0.3) is 11.1 Å². The average molecular weight is 388 g/mol. The molecule has 3 rings (SSSR count). The van der Waals surface area contributed by atoms with E-state index in [1.807, 2.05) is 54.8 Å². The summed E-state index contributed by atoms with van der Waals surface area (Å²) in [4.78, 5) is 15.7. The van der Waals surface area contributed by atoms with Crippen molar-refractivity contribution in [1.29, 1.82) is 0 Å². The minimum absolute atomic E-state index is 0.0417. The SMILES string of the molecule is CNC(=O)NSc1nc(C(C)c2ccc(-c3ccccc3)c(F)c2)cs1. The molecule has 2 amide bonds. The number of rotatable bonds is 5. The maximum atomic E-state index is 14.6. The third-order valence-corrected chi connectivity index (χ3v) is 5.72. The van der Waals surface area contributed by atoms with Crippen molar-refractivity contribution in [2.24, 2.45) is 0 Å². The number of hydrogen-bond donors (Lipinski definition) is 2. The van der Waals surface area contributed by atoms with Gasteiger partial charge in [0, 0.05) is 35.9 Å². The molecule has 1 aromatic heterocycles. The molecule has 1 atom stereocenters. The first-order valence-corrected chi connectivity index (χ1v) is 9.73. The lowest BCUT2D eigenvalue weighted by molar-refractivity contribution is 0.248. The molecule has 0 saturated heterocycles. The Balaban J connectivity index is 1.76. The van der Waals surface area contributed by atoms with Crippen LogP contribution in [0.5, 0.6) is 0 Å². The summed E-state index contributed by atoms with van der Waals surface area (Å²) >= 11 is 2.61. The molecular formula is C19H18FN3OS2. The molecule has 0 aliphatic carbocycles. The van der Waals surface area contributed by atoms with E-state index in [2.05, 4.69) is 15.0 Å². The Kier molecular flexibility index (Phi) is 5.90. The van der Waals surface area contributed by atoms with Crippen molar-refractivity contribution in [2.75, 3.05) is 7.05 Å². The van der Waals surface area contributed by atoms with Gasteiger partial charge in [-0.3, -0.25) is 4.72 Å². The zero-order chi connectivity index (χ0) is 18.5. The van der Waals surface area contributed by atoms with Gasteiger partial charge in [0.05, 0.1) is 5.69 Å². The summed E-state index contributed by atoms with van der Waals surface area (Å²) in [6, 6.07) is 14.5. The third kappa shape index (κ3) is 4.23. The fourth-order valence-corrected chi connectivity index (χ4v) is 4.01. The maximum Gasteiger partial charge on any atom is 0.324 e. The van der Waals surface area contributed by atoms with Crippen molar-refractivity contribution in [3.05, 3.63) is 71.0 Å². The number of carbonyl (C=O) groups excluding carboxylic acids is 1. The first-order valence-electron chi connectivity index (χ1n) is 8.03. The van der Waals surface area contributed by atoms with Crippen LogP contribution in [-0.2, 0) is 0 Å². The molecule has 0 bridgehead atoms. The molecule has 26 heavy (non-hydrogen) atoms. The molecule has 7 heteroatoms. The Morgan fingerprint density at radius 2 is 2.00 bits per heavy atom. The molecule has 1 unspecified atom stereocenters. The lowest BCUT2D eigenvalue weighted by atomic mass is 9.95. The Labute approximate surface area is 160 Å². The number of nitrogens with zero attached hydrogens (tertiary/aromatic N) is 1. The van der Waals surface area contributed by atoms with Crippen molar-refractivity contribution in [2.45, 2.75) is 17.2 Å². The van der Waals surface area contributed by atoms with E-state index < -0.39 is 0 Å². The zero-order valence-electron chi connectivity index (χ0n) is 14.3. The number of benzene rings is 2. The molecule has 0 spiro atoms. The van der Waals surface area contributed by atoms with Gasteiger partial charge in [-0.1, -0.05) is 49.4 Å². The smallest absolute Gasteiger partial charge is 0.324 e. The predicted molar refractivity (Wildman–Crippen MR) is 105 cm³/mol. The van der Waals surface area contributed by atoms with Gasteiger partial charge in [0.1, 0.15) is 5.82 Å². The van der Waals surface area contributed by atoms with Crippen molar-refractivity contribution in [3.8, 4) is 11.1 Å². The Morgan fingerprint density at radius 3 is 2.69 bits per heavy atom. The normalized spacial score (nSPS) is 11.8. The predicted octanol–water partition coefficient (Wildman–Crippen LogP) is 5.04. The fraction of sp³-hybridized carbons (Fsp3) is 0.158. The highest BCUT2D eigenvalue weighted by Gasteiger charge is 2.15. The summed E-state index contributed by atoms with van der Waals surface area (Å²) in [5.74, 6) is -0.286. The van der Waals surface area contributed by atoms with Gasteiger partial charge < -0.3 is 5.32 Å². The van der Waals surface area contributed by atoms with Crippen LogP contribution in [0.4, 0.5) is 9.18 Å². The van der Waals surface area contributed by atoms with Crippen LogP contribution in [0.15, 0.2) is 58.3 Å². The molecule has 0 aliphatic rings. The molecule has 2 aromatic carbocycles. The second-order valence-electron chi connectivity index (χ2n) is 5.65. The second kappa shape index (κ2) is 8.33. The lowest BCUT2D eigenvalue weighted by Crippen LogP contribution is -2.27. The topological polar surface area (TPSA) is 54.0 Å². The summed E-state index contributed by atoms with van der Waals surface area (Å²) in [6.07, 6.45) is 0.